The number of nitrogens with one attached hydrogen (secondary N) is 1. The van der Waals surface area contributed by atoms with E-state index in [1.165, 1.54) is 73.6 Å². The van der Waals surface area contributed by atoms with E-state index < -0.39 is 0 Å². The molecule has 2 aliphatic rings. The highest BCUT2D eigenvalue weighted by Gasteiger charge is 2.25. The van der Waals surface area contributed by atoms with E-state index in [1.807, 2.05) is 46.9 Å². The van der Waals surface area contributed by atoms with E-state index in [0.29, 0.717) is 0 Å². The van der Waals surface area contributed by atoms with Gasteiger partial charge in [0.05, 0.1) is 6.04 Å². The van der Waals surface area contributed by atoms with E-state index in [-0.39, 0.29) is 12.2 Å². The monoisotopic (exact) mass is 766 g/mol. The van der Waals surface area contributed by atoms with Crippen molar-refractivity contribution in [2.24, 2.45) is 9.98 Å². The minimum absolute atomic E-state index is 0.270. The van der Waals surface area contributed by atoms with Crippen LogP contribution in [0.3, 0.4) is 0 Å². The minimum atomic E-state index is -0.279. The molecule has 4 heterocycles. The van der Waals surface area contributed by atoms with Gasteiger partial charge in [0.25, 0.3) is 0 Å². The quantitative estimate of drug-likeness (QED) is 0.186. The second kappa shape index (κ2) is 13.0. The van der Waals surface area contributed by atoms with Gasteiger partial charge in [-0.05, 0) is 47.0 Å². The Hall–Kier alpha value is -6.60. The molecule has 57 heavy (non-hydrogen) atoms. The molecule has 0 amide bonds. The average molecular weight is 767 g/mol. The Morgan fingerprint density at radius 2 is 1.23 bits per heavy atom. The molecule has 0 spiro atoms. The van der Waals surface area contributed by atoms with Crippen molar-refractivity contribution in [3.05, 3.63) is 197 Å². The average Bonchev–Trinajstić information content (AvgIpc) is 3.95. The molecular formula is C51H34N4S2. The van der Waals surface area contributed by atoms with Crippen LogP contribution in [0.1, 0.15) is 39.3 Å². The number of aliphatic imine (C=N–C) groups is 2. The van der Waals surface area contributed by atoms with Gasteiger partial charge in [-0.25, -0.2) is 9.98 Å². The van der Waals surface area contributed by atoms with Crippen molar-refractivity contribution in [3.8, 4) is 11.1 Å². The lowest BCUT2D eigenvalue weighted by Crippen LogP contribution is -2.33. The zero-order chi connectivity index (χ0) is 37.5. The standard InChI is InChI=1S/C51H34N4S2/c1-3-12-31(13-4-1)49-52-50(32-14-5-2-6-15-32)54-51(53-49)41-19-11-18-40-38-25-22-34(29-46(38)57-48(40)41)33-23-27-45-42(28-33)39-26-24-35(30-47(39)56-45)55-43-20-9-7-16-36(43)37-17-8-10-21-44(37)55/h1-29,35,51H,30H2,(H,52,53,54). The largest absolute Gasteiger partial charge is 0.344 e. The van der Waals surface area contributed by atoms with Crippen molar-refractivity contribution >= 4 is 92.5 Å². The Balaban J connectivity index is 0.904. The SMILES string of the molecule is C1=CC(n2c3ccccc3c3ccccc32)Cc2sc3ccc(-c4ccc5c(c4)sc4c(C6N=C(c7ccccc7)N=C(c7ccccc7)N6)cccc45)cc3c21. The Morgan fingerprint density at radius 1 is 0.544 bits per heavy atom. The molecule has 1 N–H and O–H groups in total. The lowest BCUT2D eigenvalue weighted by molar-refractivity contribution is 0.642. The van der Waals surface area contributed by atoms with Gasteiger partial charge in [-0.2, -0.15) is 0 Å². The highest BCUT2D eigenvalue weighted by molar-refractivity contribution is 7.26. The Kier molecular flexibility index (Phi) is 7.43. The van der Waals surface area contributed by atoms with Gasteiger partial charge in [0, 0.05) is 80.1 Å². The molecule has 2 atom stereocenters. The van der Waals surface area contributed by atoms with E-state index >= 15 is 0 Å². The van der Waals surface area contributed by atoms with E-state index in [9.17, 15) is 0 Å². The number of hydrogen-bond donors (Lipinski definition) is 1. The molecule has 270 valence electrons. The molecule has 0 saturated heterocycles. The number of thiophene rings is 2. The summed E-state index contributed by atoms with van der Waals surface area (Å²) in [6.45, 7) is 0. The van der Waals surface area contributed by atoms with E-state index in [0.717, 1.165) is 34.8 Å². The zero-order valence-electron chi connectivity index (χ0n) is 30.8. The smallest absolute Gasteiger partial charge is 0.159 e. The van der Waals surface area contributed by atoms with Crippen LogP contribution in [0.5, 0.6) is 0 Å². The number of nitrogens with zero attached hydrogens (tertiary/aromatic N) is 3. The topological polar surface area (TPSA) is 41.7 Å². The van der Waals surface area contributed by atoms with Crippen LogP contribution in [0.2, 0.25) is 0 Å². The van der Waals surface area contributed by atoms with E-state index in [1.54, 1.807) is 0 Å². The van der Waals surface area contributed by atoms with Gasteiger partial charge in [0.2, 0.25) is 0 Å². The van der Waals surface area contributed by atoms with Gasteiger partial charge in [-0.15, -0.1) is 22.7 Å². The molecule has 7 aromatic carbocycles. The number of fused-ring (bicyclic) bond motifs is 9. The summed E-state index contributed by atoms with van der Waals surface area (Å²) >= 11 is 3.80. The van der Waals surface area contributed by atoms with E-state index in [4.69, 9.17) is 9.98 Å². The van der Waals surface area contributed by atoms with Crippen molar-refractivity contribution in [3.63, 3.8) is 0 Å². The van der Waals surface area contributed by atoms with Gasteiger partial charge < -0.3 is 9.88 Å². The fraction of sp³-hybridized carbons (Fsp3) is 0.0588. The number of benzene rings is 7. The minimum Gasteiger partial charge on any atom is -0.344 e. The third-order valence-electron chi connectivity index (χ3n) is 11.6. The van der Waals surface area contributed by atoms with Crippen LogP contribution in [0.4, 0.5) is 0 Å². The van der Waals surface area contributed by atoms with Crippen molar-refractivity contribution in [1.82, 2.24) is 9.88 Å². The fourth-order valence-electron chi connectivity index (χ4n) is 8.92. The Bertz CT molecular complexity index is 3260. The van der Waals surface area contributed by atoms with Gasteiger partial charge in [0.15, 0.2) is 5.84 Å². The molecule has 6 heteroatoms. The number of para-hydroxylation sites is 2. The van der Waals surface area contributed by atoms with Gasteiger partial charge in [-0.3, -0.25) is 0 Å². The second-order valence-electron chi connectivity index (χ2n) is 14.9. The van der Waals surface area contributed by atoms with Crippen LogP contribution in [-0.2, 0) is 6.42 Å². The molecular weight excluding hydrogens is 733 g/mol. The first-order chi connectivity index (χ1) is 28.2. The molecule has 1 aliphatic heterocycles. The van der Waals surface area contributed by atoms with Crippen molar-refractivity contribution in [2.75, 3.05) is 0 Å². The number of rotatable bonds is 5. The van der Waals surface area contributed by atoms with Crippen molar-refractivity contribution in [2.45, 2.75) is 18.6 Å². The first-order valence-corrected chi connectivity index (χ1v) is 21.1. The Morgan fingerprint density at radius 3 is 2.02 bits per heavy atom. The van der Waals surface area contributed by atoms with Crippen LogP contribution in [0.15, 0.2) is 180 Å². The van der Waals surface area contributed by atoms with Gasteiger partial charge in [-0.1, -0.05) is 146 Å². The van der Waals surface area contributed by atoms with Crippen LogP contribution < -0.4 is 5.32 Å². The molecule has 0 saturated carbocycles. The maximum Gasteiger partial charge on any atom is 0.159 e. The summed E-state index contributed by atoms with van der Waals surface area (Å²) < 4.78 is 6.41. The predicted octanol–water partition coefficient (Wildman–Crippen LogP) is 13.4. The molecule has 10 aromatic rings. The normalized spacial score (nSPS) is 16.6. The highest BCUT2D eigenvalue weighted by atomic mass is 32.1. The lowest BCUT2D eigenvalue weighted by Gasteiger charge is -2.24. The third-order valence-corrected chi connectivity index (χ3v) is 14.0. The second-order valence-corrected chi connectivity index (χ2v) is 17.1. The maximum absolute atomic E-state index is 5.21. The fourth-order valence-corrected chi connectivity index (χ4v) is 11.4. The number of allylic oxidation sites excluding steroid dienone is 1. The molecule has 12 rings (SSSR count). The predicted molar refractivity (Wildman–Crippen MR) is 243 cm³/mol. The molecule has 3 aromatic heterocycles. The Labute approximate surface area is 337 Å². The molecule has 2 unspecified atom stereocenters. The number of amidine groups is 2. The summed E-state index contributed by atoms with van der Waals surface area (Å²) in [6.07, 6.45) is 5.51. The van der Waals surface area contributed by atoms with Crippen LogP contribution >= 0.6 is 22.7 Å². The molecule has 1 aliphatic carbocycles. The van der Waals surface area contributed by atoms with Gasteiger partial charge in [0.1, 0.15) is 12.0 Å². The van der Waals surface area contributed by atoms with Gasteiger partial charge >= 0.3 is 0 Å². The third kappa shape index (κ3) is 5.32. The molecule has 0 fully saturated rings. The van der Waals surface area contributed by atoms with E-state index in [2.05, 4.69) is 162 Å². The lowest BCUT2D eigenvalue weighted by atomic mass is 9.96. The van der Waals surface area contributed by atoms with Crippen LogP contribution in [-0.4, -0.2) is 16.2 Å². The highest BCUT2D eigenvalue weighted by Crippen LogP contribution is 2.44. The summed E-state index contributed by atoms with van der Waals surface area (Å²) in [4.78, 5) is 11.7. The summed E-state index contributed by atoms with van der Waals surface area (Å²) in [5, 5.41) is 10.2. The van der Waals surface area contributed by atoms with Crippen molar-refractivity contribution in [1.29, 1.82) is 0 Å². The zero-order valence-corrected chi connectivity index (χ0v) is 32.4. The summed E-state index contributed by atoms with van der Waals surface area (Å²) in [5.74, 6) is 1.57. The number of aromatic nitrogens is 1. The molecule has 0 bridgehead atoms. The first-order valence-electron chi connectivity index (χ1n) is 19.4. The summed E-state index contributed by atoms with van der Waals surface area (Å²) in [5.41, 5.74) is 9.66. The number of hydrogen-bond acceptors (Lipinski definition) is 5. The molecule has 4 nitrogen and oxygen atoms in total. The first kappa shape index (κ1) is 32.6. The molecule has 0 radical (unpaired) electrons. The summed E-state index contributed by atoms with van der Waals surface area (Å²) in [7, 11) is 0. The van der Waals surface area contributed by atoms with Crippen LogP contribution in [0, 0.1) is 0 Å². The maximum atomic E-state index is 5.21. The van der Waals surface area contributed by atoms with Crippen LogP contribution in [0.25, 0.3) is 69.3 Å². The van der Waals surface area contributed by atoms with Crippen molar-refractivity contribution < 1.29 is 0 Å². The summed E-state index contributed by atoms with van der Waals surface area (Å²) in [6, 6.07) is 59.2.